The summed E-state index contributed by atoms with van der Waals surface area (Å²) in [5.41, 5.74) is 1.21. The molecule has 1 atom stereocenters. The Bertz CT molecular complexity index is 650. The molecule has 0 aliphatic heterocycles. The molecular formula is C16H19N3O3. The maximum atomic E-state index is 12.2. The van der Waals surface area contributed by atoms with Crippen molar-refractivity contribution in [2.45, 2.75) is 32.4 Å². The highest BCUT2D eigenvalue weighted by molar-refractivity contribution is 5.96. The van der Waals surface area contributed by atoms with Crippen molar-refractivity contribution < 1.29 is 14.7 Å². The van der Waals surface area contributed by atoms with Crippen molar-refractivity contribution in [2.24, 2.45) is 0 Å². The number of rotatable bonds is 6. The van der Waals surface area contributed by atoms with Crippen molar-refractivity contribution in [1.29, 1.82) is 0 Å². The van der Waals surface area contributed by atoms with Crippen LogP contribution in [0.1, 0.15) is 35.8 Å². The summed E-state index contributed by atoms with van der Waals surface area (Å²) >= 11 is 0. The summed E-state index contributed by atoms with van der Waals surface area (Å²) < 4.78 is 1.65. The number of benzene rings is 1. The first-order valence-corrected chi connectivity index (χ1v) is 7.09. The SMILES string of the molecule is CC(C)n1cc(C(=O)N[C@@H](Cc2ccccc2)C(=O)O)cn1. The summed E-state index contributed by atoms with van der Waals surface area (Å²) in [4.78, 5) is 23.5. The number of hydrogen-bond acceptors (Lipinski definition) is 3. The third kappa shape index (κ3) is 3.94. The smallest absolute Gasteiger partial charge is 0.326 e. The number of amides is 1. The molecule has 1 heterocycles. The largest absolute Gasteiger partial charge is 0.480 e. The lowest BCUT2D eigenvalue weighted by molar-refractivity contribution is -0.139. The highest BCUT2D eigenvalue weighted by Gasteiger charge is 2.22. The van der Waals surface area contributed by atoms with Crippen LogP contribution in [0.15, 0.2) is 42.7 Å². The average Bonchev–Trinajstić information content (AvgIpc) is 2.97. The lowest BCUT2D eigenvalue weighted by atomic mass is 10.1. The molecule has 116 valence electrons. The summed E-state index contributed by atoms with van der Waals surface area (Å²) in [5, 5.41) is 15.9. The van der Waals surface area contributed by atoms with E-state index in [0.717, 1.165) is 5.56 Å². The summed E-state index contributed by atoms with van der Waals surface area (Å²) in [6, 6.07) is 8.36. The molecule has 6 heteroatoms. The number of carbonyl (C=O) groups excluding carboxylic acids is 1. The van der Waals surface area contributed by atoms with Crippen LogP contribution >= 0.6 is 0 Å². The van der Waals surface area contributed by atoms with Gasteiger partial charge in [0.05, 0.1) is 11.8 Å². The van der Waals surface area contributed by atoms with Crippen LogP contribution in [0.5, 0.6) is 0 Å². The predicted molar refractivity (Wildman–Crippen MR) is 81.6 cm³/mol. The van der Waals surface area contributed by atoms with Crippen LogP contribution in [0.25, 0.3) is 0 Å². The van der Waals surface area contributed by atoms with Gasteiger partial charge in [-0.2, -0.15) is 5.10 Å². The molecule has 1 aromatic heterocycles. The molecule has 1 aromatic carbocycles. The van der Waals surface area contributed by atoms with Gasteiger partial charge in [-0.15, -0.1) is 0 Å². The monoisotopic (exact) mass is 301 g/mol. The van der Waals surface area contributed by atoms with E-state index in [1.165, 1.54) is 6.20 Å². The van der Waals surface area contributed by atoms with Gasteiger partial charge in [0.2, 0.25) is 0 Å². The molecule has 1 amide bonds. The van der Waals surface area contributed by atoms with E-state index in [9.17, 15) is 14.7 Å². The molecule has 6 nitrogen and oxygen atoms in total. The van der Waals surface area contributed by atoms with E-state index < -0.39 is 17.9 Å². The number of nitrogens with one attached hydrogen (secondary N) is 1. The Kier molecular flexibility index (Phi) is 4.93. The first kappa shape index (κ1) is 15.8. The molecule has 2 N–H and O–H groups in total. The molecule has 0 spiro atoms. The van der Waals surface area contributed by atoms with Gasteiger partial charge in [0, 0.05) is 18.7 Å². The number of nitrogens with zero attached hydrogens (tertiary/aromatic N) is 2. The van der Waals surface area contributed by atoms with Crippen LogP contribution in [0.2, 0.25) is 0 Å². The van der Waals surface area contributed by atoms with Gasteiger partial charge in [-0.3, -0.25) is 9.48 Å². The Hall–Kier alpha value is -2.63. The molecule has 0 saturated carbocycles. The second-order valence-corrected chi connectivity index (χ2v) is 5.36. The molecule has 22 heavy (non-hydrogen) atoms. The zero-order valence-corrected chi connectivity index (χ0v) is 12.6. The molecule has 0 aliphatic carbocycles. The van der Waals surface area contributed by atoms with Crippen molar-refractivity contribution >= 4 is 11.9 Å². The van der Waals surface area contributed by atoms with Gasteiger partial charge in [-0.05, 0) is 19.4 Å². The Labute approximate surface area is 128 Å². The van der Waals surface area contributed by atoms with Gasteiger partial charge in [-0.1, -0.05) is 30.3 Å². The Morgan fingerprint density at radius 3 is 2.50 bits per heavy atom. The molecule has 2 aromatic rings. The summed E-state index contributed by atoms with van der Waals surface area (Å²) in [6.45, 7) is 3.90. The van der Waals surface area contributed by atoms with E-state index in [4.69, 9.17) is 0 Å². The van der Waals surface area contributed by atoms with Crippen LogP contribution in [-0.4, -0.2) is 32.8 Å². The second kappa shape index (κ2) is 6.89. The first-order valence-electron chi connectivity index (χ1n) is 7.09. The quantitative estimate of drug-likeness (QED) is 0.853. The Morgan fingerprint density at radius 2 is 1.95 bits per heavy atom. The highest BCUT2D eigenvalue weighted by atomic mass is 16.4. The number of aliphatic carboxylic acids is 1. The zero-order chi connectivity index (χ0) is 16.1. The van der Waals surface area contributed by atoms with Gasteiger partial charge in [0.1, 0.15) is 6.04 Å². The third-order valence-electron chi connectivity index (χ3n) is 3.28. The molecule has 0 saturated heterocycles. The van der Waals surface area contributed by atoms with Crippen LogP contribution in [-0.2, 0) is 11.2 Å². The minimum Gasteiger partial charge on any atom is -0.480 e. The normalized spacial score (nSPS) is 12.1. The minimum atomic E-state index is -1.06. The van der Waals surface area contributed by atoms with Crippen LogP contribution in [0.3, 0.4) is 0 Å². The highest BCUT2D eigenvalue weighted by Crippen LogP contribution is 2.07. The summed E-state index contributed by atoms with van der Waals surface area (Å²) in [6.07, 6.45) is 3.29. The van der Waals surface area contributed by atoms with Crippen molar-refractivity contribution in [3.8, 4) is 0 Å². The fourth-order valence-corrected chi connectivity index (χ4v) is 2.03. The molecule has 0 aliphatic rings. The molecule has 0 bridgehead atoms. The molecule has 0 radical (unpaired) electrons. The predicted octanol–water partition coefficient (Wildman–Crippen LogP) is 1.89. The van der Waals surface area contributed by atoms with E-state index in [-0.39, 0.29) is 12.5 Å². The van der Waals surface area contributed by atoms with Crippen LogP contribution < -0.4 is 5.32 Å². The van der Waals surface area contributed by atoms with Gasteiger partial charge in [0.15, 0.2) is 0 Å². The van der Waals surface area contributed by atoms with E-state index in [0.29, 0.717) is 5.56 Å². The van der Waals surface area contributed by atoms with E-state index in [1.54, 1.807) is 10.9 Å². The molecule has 0 fully saturated rings. The first-order chi connectivity index (χ1) is 10.5. The van der Waals surface area contributed by atoms with Crippen molar-refractivity contribution in [3.63, 3.8) is 0 Å². The fraction of sp³-hybridized carbons (Fsp3) is 0.312. The van der Waals surface area contributed by atoms with Crippen molar-refractivity contribution in [3.05, 3.63) is 53.9 Å². The van der Waals surface area contributed by atoms with Crippen LogP contribution in [0.4, 0.5) is 0 Å². The molecular weight excluding hydrogens is 282 g/mol. The maximum Gasteiger partial charge on any atom is 0.326 e. The van der Waals surface area contributed by atoms with Gasteiger partial charge < -0.3 is 10.4 Å². The van der Waals surface area contributed by atoms with Gasteiger partial charge >= 0.3 is 5.97 Å². The Balaban J connectivity index is 2.07. The zero-order valence-electron chi connectivity index (χ0n) is 12.6. The van der Waals surface area contributed by atoms with E-state index >= 15 is 0 Å². The van der Waals surface area contributed by atoms with Crippen LogP contribution in [0, 0.1) is 0 Å². The van der Waals surface area contributed by atoms with Gasteiger partial charge in [-0.25, -0.2) is 4.79 Å². The number of carbonyl (C=O) groups is 2. The van der Waals surface area contributed by atoms with E-state index in [1.807, 2.05) is 44.2 Å². The fourth-order valence-electron chi connectivity index (χ4n) is 2.03. The molecule has 2 rings (SSSR count). The minimum absolute atomic E-state index is 0.140. The van der Waals surface area contributed by atoms with E-state index in [2.05, 4.69) is 10.4 Å². The maximum absolute atomic E-state index is 12.2. The summed E-state index contributed by atoms with van der Waals surface area (Å²) in [5.74, 6) is -1.50. The second-order valence-electron chi connectivity index (χ2n) is 5.36. The lowest BCUT2D eigenvalue weighted by Gasteiger charge is -2.14. The average molecular weight is 301 g/mol. The summed E-state index contributed by atoms with van der Waals surface area (Å²) in [7, 11) is 0. The Morgan fingerprint density at radius 1 is 1.27 bits per heavy atom. The number of carboxylic acid groups (broad SMARTS) is 1. The van der Waals surface area contributed by atoms with Gasteiger partial charge in [0.25, 0.3) is 5.91 Å². The third-order valence-corrected chi connectivity index (χ3v) is 3.28. The van der Waals surface area contributed by atoms with Crippen molar-refractivity contribution in [1.82, 2.24) is 15.1 Å². The standard InChI is InChI=1S/C16H19N3O3/c1-11(2)19-10-13(9-17-19)15(20)18-14(16(21)22)8-12-6-4-3-5-7-12/h3-7,9-11,14H,8H2,1-2H3,(H,18,20)(H,21,22)/t14-/m0/s1. The topological polar surface area (TPSA) is 84.2 Å². The number of carboxylic acids is 1. The number of aromatic nitrogens is 2. The van der Waals surface area contributed by atoms with Crippen molar-refractivity contribution in [2.75, 3.05) is 0 Å². The lowest BCUT2D eigenvalue weighted by Crippen LogP contribution is -2.42. The number of hydrogen-bond donors (Lipinski definition) is 2. The molecule has 0 unspecified atom stereocenters.